The van der Waals surface area contributed by atoms with E-state index in [1.807, 2.05) is 0 Å². The number of anilines is 1. The summed E-state index contributed by atoms with van der Waals surface area (Å²) in [5.74, 6) is -1.07. The summed E-state index contributed by atoms with van der Waals surface area (Å²) in [6.07, 6.45) is -3.21. The van der Waals surface area contributed by atoms with E-state index in [1.54, 1.807) is 29.2 Å². The minimum atomic E-state index is -4.60. The Labute approximate surface area is 177 Å². The van der Waals surface area contributed by atoms with E-state index in [-0.39, 0.29) is 11.6 Å². The molecule has 31 heavy (non-hydrogen) atoms. The number of rotatable bonds is 6. The standard InChI is InChI=1S/C22H22F3N3O3/c1-27(14-19(29)26-18-6-3-2-5-17(18)22(23,24)25)21(31)16-10-8-15(9-11-16)13-28-12-4-7-20(28)30/h2-3,5-6,8-11H,4,7,12-14H2,1H3,(H,26,29). The minimum absolute atomic E-state index is 0.109. The van der Waals surface area contributed by atoms with Gasteiger partial charge in [-0.25, -0.2) is 0 Å². The molecule has 2 aromatic carbocycles. The fourth-order valence-electron chi connectivity index (χ4n) is 3.38. The molecular formula is C22H22F3N3O3. The van der Waals surface area contributed by atoms with Crippen molar-refractivity contribution in [1.29, 1.82) is 0 Å². The lowest BCUT2D eigenvalue weighted by Crippen LogP contribution is -2.35. The molecule has 1 aliphatic heterocycles. The smallest absolute Gasteiger partial charge is 0.338 e. The predicted octanol–water partition coefficient (Wildman–Crippen LogP) is 3.54. The molecule has 9 heteroatoms. The fourth-order valence-corrected chi connectivity index (χ4v) is 3.38. The van der Waals surface area contributed by atoms with E-state index < -0.39 is 30.1 Å². The van der Waals surface area contributed by atoms with Crippen LogP contribution in [0.15, 0.2) is 48.5 Å². The highest BCUT2D eigenvalue weighted by Gasteiger charge is 2.33. The molecule has 1 fully saturated rings. The number of amides is 3. The summed E-state index contributed by atoms with van der Waals surface area (Å²) in [7, 11) is 1.40. The van der Waals surface area contributed by atoms with Crippen LogP contribution in [0.25, 0.3) is 0 Å². The maximum Gasteiger partial charge on any atom is 0.418 e. The number of likely N-dealkylation sites (N-methyl/N-ethyl adjacent to an activating group) is 1. The van der Waals surface area contributed by atoms with Gasteiger partial charge in [0.25, 0.3) is 5.91 Å². The monoisotopic (exact) mass is 433 g/mol. The molecule has 0 saturated carbocycles. The van der Waals surface area contributed by atoms with Crippen molar-refractivity contribution in [3.8, 4) is 0 Å². The van der Waals surface area contributed by atoms with Crippen LogP contribution in [-0.2, 0) is 22.3 Å². The summed E-state index contributed by atoms with van der Waals surface area (Å²) in [4.78, 5) is 39.4. The second kappa shape index (κ2) is 9.20. The number of likely N-dealkylation sites (tertiary alicyclic amines) is 1. The van der Waals surface area contributed by atoms with Crippen molar-refractivity contribution in [3.63, 3.8) is 0 Å². The zero-order valence-electron chi connectivity index (χ0n) is 16.9. The molecule has 1 N–H and O–H groups in total. The lowest BCUT2D eigenvalue weighted by atomic mass is 10.1. The SMILES string of the molecule is CN(CC(=O)Nc1ccccc1C(F)(F)F)C(=O)c1ccc(CN2CCCC2=O)cc1. The topological polar surface area (TPSA) is 69.7 Å². The van der Waals surface area contributed by atoms with Crippen LogP contribution in [0.1, 0.15) is 34.3 Å². The Hall–Kier alpha value is -3.36. The number of hydrogen-bond acceptors (Lipinski definition) is 3. The van der Waals surface area contributed by atoms with Gasteiger partial charge in [0, 0.05) is 32.1 Å². The number of carbonyl (C=O) groups excluding carboxylic acids is 3. The van der Waals surface area contributed by atoms with Crippen LogP contribution in [0.5, 0.6) is 0 Å². The summed E-state index contributed by atoms with van der Waals surface area (Å²) in [6.45, 7) is 0.786. The second-order valence-corrected chi connectivity index (χ2v) is 7.37. The maximum atomic E-state index is 13.1. The summed E-state index contributed by atoms with van der Waals surface area (Å²) in [6, 6.07) is 11.3. The van der Waals surface area contributed by atoms with Gasteiger partial charge in [0.1, 0.15) is 0 Å². The average Bonchev–Trinajstić information content (AvgIpc) is 3.12. The van der Waals surface area contributed by atoms with Gasteiger partial charge in [-0.05, 0) is 36.2 Å². The normalized spacial score (nSPS) is 13.9. The molecule has 0 bridgehead atoms. The Bertz CT molecular complexity index is 974. The average molecular weight is 433 g/mol. The van der Waals surface area contributed by atoms with Gasteiger partial charge in [0.2, 0.25) is 11.8 Å². The van der Waals surface area contributed by atoms with Crippen LogP contribution in [0, 0.1) is 0 Å². The molecule has 0 atom stereocenters. The Morgan fingerprint density at radius 2 is 1.77 bits per heavy atom. The van der Waals surface area contributed by atoms with Gasteiger partial charge in [-0.3, -0.25) is 14.4 Å². The molecule has 0 spiro atoms. The number of carbonyl (C=O) groups is 3. The third-order valence-corrected chi connectivity index (χ3v) is 4.98. The van der Waals surface area contributed by atoms with Gasteiger partial charge in [0.15, 0.2) is 0 Å². The zero-order chi connectivity index (χ0) is 22.6. The second-order valence-electron chi connectivity index (χ2n) is 7.37. The number of alkyl halides is 3. The van der Waals surface area contributed by atoms with Crippen LogP contribution in [0.3, 0.4) is 0 Å². The van der Waals surface area contributed by atoms with E-state index >= 15 is 0 Å². The first-order chi connectivity index (χ1) is 14.6. The summed E-state index contributed by atoms with van der Waals surface area (Å²) >= 11 is 0. The molecule has 1 heterocycles. The van der Waals surface area contributed by atoms with Gasteiger partial charge in [0.05, 0.1) is 17.8 Å². The summed E-state index contributed by atoms with van der Waals surface area (Å²) in [5, 5.41) is 2.22. The molecule has 0 aliphatic carbocycles. The Balaban J connectivity index is 1.59. The van der Waals surface area contributed by atoms with E-state index in [4.69, 9.17) is 0 Å². The van der Waals surface area contributed by atoms with Crippen molar-refractivity contribution < 1.29 is 27.6 Å². The predicted molar refractivity (Wildman–Crippen MR) is 108 cm³/mol. The van der Waals surface area contributed by atoms with Crippen LogP contribution in [0.2, 0.25) is 0 Å². The molecule has 3 amide bonds. The van der Waals surface area contributed by atoms with E-state index in [0.717, 1.165) is 35.6 Å². The minimum Gasteiger partial charge on any atom is -0.338 e. The number of nitrogens with zero attached hydrogens (tertiary/aromatic N) is 2. The Morgan fingerprint density at radius 3 is 2.39 bits per heavy atom. The Kier molecular flexibility index (Phi) is 6.62. The van der Waals surface area contributed by atoms with Crippen molar-refractivity contribution in [2.75, 3.05) is 25.5 Å². The highest BCUT2D eigenvalue weighted by Crippen LogP contribution is 2.34. The van der Waals surface area contributed by atoms with Gasteiger partial charge in [-0.15, -0.1) is 0 Å². The van der Waals surface area contributed by atoms with Crippen molar-refractivity contribution in [2.45, 2.75) is 25.6 Å². The van der Waals surface area contributed by atoms with Gasteiger partial charge < -0.3 is 15.1 Å². The van der Waals surface area contributed by atoms with Gasteiger partial charge in [-0.2, -0.15) is 13.2 Å². The molecule has 0 unspecified atom stereocenters. The molecule has 0 aromatic heterocycles. The lowest BCUT2D eigenvalue weighted by Gasteiger charge is -2.19. The fraction of sp³-hybridized carbons (Fsp3) is 0.318. The quantitative estimate of drug-likeness (QED) is 0.758. The highest BCUT2D eigenvalue weighted by molar-refractivity contribution is 5.99. The van der Waals surface area contributed by atoms with E-state index in [2.05, 4.69) is 5.32 Å². The maximum absolute atomic E-state index is 13.1. The molecule has 2 aromatic rings. The third kappa shape index (κ3) is 5.62. The first-order valence-corrected chi connectivity index (χ1v) is 9.73. The number of hydrogen-bond donors (Lipinski definition) is 1. The van der Waals surface area contributed by atoms with E-state index in [1.165, 1.54) is 19.2 Å². The molecule has 3 rings (SSSR count). The Morgan fingerprint density at radius 1 is 1.10 bits per heavy atom. The molecule has 1 saturated heterocycles. The largest absolute Gasteiger partial charge is 0.418 e. The first-order valence-electron chi connectivity index (χ1n) is 9.73. The highest BCUT2D eigenvalue weighted by atomic mass is 19.4. The molecular weight excluding hydrogens is 411 g/mol. The van der Waals surface area contributed by atoms with Crippen molar-refractivity contribution in [3.05, 3.63) is 65.2 Å². The van der Waals surface area contributed by atoms with Gasteiger partial charge >= 0.3 is 6.18 Å². The lowest BCUT2D eigenvalue weighted by molar-refractivity contribution is -0.137. The van der Waals surface area contributed by atoms with Crippen LogP contribution >= 0.6 is 0 Å². The molecule has 0 radical (unpaired) electrons. The van der Waals surface area contributed by atoms with Gasteiger partial charge in [-0.1, -0.05) is 24.3 Å². The molecule has 6 nitrogen and oxygen atoms in total. The van der Waals surface area contributed by atoms with Crippen molar-refractivity contribution in [1.82, 2.24) is 9.80 Å². The number of para-hydroxylation sites is 1. The number of nitrogens with one attached hydrogen (secondary N) is 1. The molecule has 164 valence electrons. The zero-order valence-corrected chi connectivity index (χ0v) is 16.9. The summed E-state index contributed by atoms with van der Waals surface area (Å²) in [5.41, 5.74) is -0.0930. The first kappa shape index (κ1) is 22.3. The third-order valence-electron chi connectivity index (χ3n) is 4.98. The van der Waals surface area contributed by atoms with Crippen molar-refractivity contribution in [2.24, 2.45) is 0 Å². The number of halogens is 3. The number of benzene rings is 2. The van der Waals surface area contributed by atoms with E-state index in [9.17, 15) is 27.6 Å². The molecule has 1 aliphatic rings. The van der Waals surface area contributed by atoms with Crippen LogP contribution < -0.4 is 5.32 Å². The van der Waals surface area contributed by atoms with Crippen molar-refractivity contribution >= 4 is 23.4 Å². The van der Waals surface area contributed by atoms with Crippen LogP contribution in [-0.4, -0.2) is 47.7 Å². The summed E-state index contributed by atoms with van der Waals surface area (Å²) < 4.78 is 39.2. The van der Waals surface area contributed by atoms with Crippen LogP contribution in [0.4, 0.5) is 18.9 Å². The van der Waals surface area contributed by atoms with E-state index in [0.29, 0.717) is 18.5 Å².